The van der Waals surface area contributed by atoms with Gasteiger partial charge in [0.2, 0.25) is 0 Å². The summed E-state index contributed by atoms with van der Waals surface area (Å²) in [7, 11) is 2.07. The number of fused-ring (bicyclic) bond motifs is 3. The predicted molar refractivity (Wildman–Crippen MR) is 131 cm³/mol. The van der Waals surface area contributed by atoms with Gasteiger partial charge < -0.3 is 19.9 Å². The number of nitrogens with zero attached hydrogens (tertiary/aromatic N) is 4. The maximum absolute atomic E-state index is 14.5. The number of hydrogen-bond acceptors (Lipinski definition) is 6. The number of nitrogens with one attached hydrogen (secondary N) is 1. The third-order valence-corrected chi connectivity index (χ3v) is 6.29. The lowest BCUT2D eigenvalue weighted by molar-refractivity contribution is -0.114. The second kappa shape index (κ2) is 9.56. The van der Waals surface area contributed by atoms with Gasteiger partial charge in [-0.05, 0) is 50.1 Å². The number of likely N-dealkylation sites (N-methyl/N-ethyl adjacent to an activating group) is 1. The first kappa shape index (κ1) is 22.6. The molecule has 0 unspecified atom stereocenters. The molecule has 0 radical (unpaired) electrons. The van der Waals surface area contributed by atoms with Gasteiger partial charge in [-0.2, -0.15) is 0 Å². The molecule has 5 rings (SSSR count). The summed E-state index contributed by atoms with van der Waals surface area (Å²) >= 11 is 5.93. The van der Waals surface area contributed by atoms with Crippen LogP contribution >= 0.6 is 11.6 Å². The maximum Gasteiger partial charge on any atom is 0.250 e. The molecule has 2 aliphatic rings. The van der Waals surface area contributed by atoms with Crippen molar-refractivity contribution >= 4 is 45.6 Å². The number of hydrogen-bond donors (Lipinski definition) is 1. The van der Waals surface area contributed by atoms with E-state index in [4.69, 9.17) is 16.3 Å². The lowest BCUT2D eigenvalue weighted by Gasteiger charge is -2.30. The number of ether oxygens (including phenoxy) is 1. The number of amides is 1. The summed E-state index contributed by atoms with van der Waals surface area (Å²) in [4.78, 5) is 25.6. The number of rotatable bonds is 7. The first-order valence-corrected chi connectivity index (χ1v) is 11.7. The van der Waals surface area contributed by atoms with E-state index in [2.05, 4.69) is 27.2 Å². The number of anilines is 3. The van der Waals surface area contributed by atoms with Gasteiger partial charge in [0, 0.05) is 19.2 Å². The van der Waals surface area contributed by atoms with Gasteiger partial charge in [-0.25, -0.2) is 14.4 Å². The van der Waals surface area contributed by atoms with E-state index >= 15 is 0 Å². The summed E-state index contributed by atoms with van der Waals surface area (Å²) in [5.74, 6) is 0.974. The summed E-state index contributed by atoms with van der Waals surface area (Å²) < 4.78 is 20.5. The van der Waals surface area contributed by atoms with Crippen LogP contribution in [0.5, 0.6) is 5.75 Å². The van der Waals surface area contributed by atoms with Crippen LogP contribution < -0.4 is 15.0 Å². The van der Waals surface area contributed by atoms with Gasteiger partial charge in [0.25, 0.3) is 5.91 Å². The minimum atomic E-state index is -0.574. The van der Waals surface area contributed by atoms with E-state index in [1.54, 1.807) is 29.2 Å². The van der Waals surface area contributed by atoms with Crippen molar-refractivity contribution < 1.29 is 13.9 Å². The molecule has 0 spiro atoms. The first-order chi connectivity index (χ1) is 16.5. The van der Waals surface area contributed by atoms with E-state index < -0.39 is 5.82 Å². The van der Waals surface area contributed by atoms with Crippen molar-refractivity contribution in [3.63, 3.8) is 0 Å². The molecule has 7 nitrogen and oxygen atoms in total. The molecule has 0 saturated heterocycles. The van der Waals surface area contributed by atoms with Crippen molar-refractivity contribution in [2.45, 2.75) is 12.8 Å². The monoisotopic (exact) mass is 481 g/mol. The van der Waals surface area contributed by atoms with Gasteiger partial charge in [0.15, 0.2) is 11.6 Å². The Kier molecular flexibility index (Phi) is 6.34. The van der Waals surface area contributed by atoms with Crippen molar-refractivity contribution in [1.29, 1.82) is 0 Å². The number of carbonyl (C=O) groups excluding carboxylic acids is 1. The first-order valence-electron chi connectivity index (χ1n) is 11.3. The Hall–Kier alpha value is -3.23. The van der Waals surface area contributed by atoms with E-state index in [1.165, 1.54) is 25.2 Å². The molecule has 2 aromatic carbocycles. The van der Waals surface area contributed by atoms with Crippen LogP contribution in [0, 0.1) is 11.7 Å². The largest absolute Gasteiger partial charge is 0.489 e. The van der Waals surface area contributed by atoms with Crippen LogP contribution in [0.3, 0.4) is 0 Å². The highest BCUT2D eigenvalue weighted by molar-refractivity contribution is 6.31. The molecule has 0 atom stereocenters. The van der Waals surface area contributed by atoms with Crippen LogP contribution in [0.15, 0.2) is 48.8 Å². The number of carbonyl (C=O) groups is 1. The molecular formula is C25H25ClFN5O2. The van der Waals surface area contributed by atoms with Crippen LogP contribution in [-0.2, 0) is 4.79 Å². The van der Waals surface area contributed by atoms with Gasteiger partial charge >= 0.3 is 0 Å². The van der Waals surface area contributed by atoms with Crippen molar-refractivity contribution in [2.24, 2.45) is 5.92 Å². The van der Waals surface area contributed by atoms with Crippen LogP contribution in [0.4, 0.5) is 21.6 Å². The van der Waals surface area contributed by atoms with Crippen LogP contribution in [0.25, 0.3) is 10.9 Å². The molecule has 1 aromatic heterocycles. The smallest absolute Gasteiger partial charge is 0.250 e. The highest BCUT2D eigenvalue weighted by atomic mass is 35.5. The molecule has 1 aliphatic carbocycles. The van der Waals surface area contributed by atoms with Crippen LogP contribution in [0.1, 0.15) is 12.8 Å². The molecule has 1 amide bonds. The molecule has 1 fully saturated rings. The molecule has 176 valence electrons. The summed E-state index contributed by atoms with van der Waals surface area (Å²) in [6.45, 7) is 2.55. The minimum absolute atomic E-state index is 0.00738. The van der Waals surface area contributed by atoms with Crippen molar-refractivity contribution in [3.8, 4) is 5.75 Å². The molecular weight excluding hydrogens is 457 g/mol. The Labute approximate surface area is 202 Å². The van der Waals surface area contributed by atoms with E-state index in [0.29, 0.717) is 41.3 Å². The predicted octanol–water partition coefficient (Wildman–Crippen LogP) is 4.79. The third kappa shape index (κ3) is 4.69. The summed E-state index contributed by atoms with van der Waals surface area (Å²) in [5.41, 5.74) is 1.43. The quantitative estimate of drug-likeness (QED) is 0.489. The minimum Gasteiger partial charge on any atom is -0.489 e. The summed E-state index contributed by atoms with van der Waals surface area (Å²) in [6, 6.07) is 8.33. The third-order valence-electron chi connectivity index (χ3n) is 6.00. The second-order valence-corrected chi connectivity index (χ2v) is 9.07. The standard InChI is InChI=1S/C25H25ClFN5O2/c1-31(14-16-7-8-16)11-3-6-21(33)32-12-13-34-24-20(32)10-9-18-22(24)25(29-15-28-18)30-19-5-2-4-17(26)23(19)27/h2-6,9-10,15-16H,7-8,11-14H2,1H3,(H,28,29,30)/b6-3+. The van der Waals surface area contributed by atoms with E-state index in [-0.39, 0.29) is 16.6 Å². The average molecular weight is 482 g/mol. The normalized spacial score (nSPS) is 15.6. The summed E-state index contributed by atoms with van der Waals surface area (Å²) in [6.07, 6.45) is 7.52. The zero-order chi connectivity index (χ0) is 23.7. The van der Waals surface area contributed by atoms with E-state index in [0.717, 1.165) is 19.0 Å². The Morgan fingerprint density at radius 2 is 2.18 bits per heavy atom. The Morgan fingerprint density at radius 1 is 1.32 bits per heavy atom. The Bertz CT molecular complexity index is 1260. The van der Waals surface area contributed by atoms with Gasteiger partial charge in [-0.3, -0.25) is 4.79 Å². The maximum atomic E-state index is 14.5. The molecule has 1 N–H and O–H groups in total. The molecule has 9 heteroatoms. The zero-order valence-corrected chi connectivity index (χ0v) is 19.6. The molecule has 1 aliphatic heterocycles. The fourth-order valence-corrected chi connectivity index (χ4v) is 4.29. The molecule has 0 bridgehead atoms. The second-order valence-electron chi connectivity index (χ2n) is 8.66. The number of aromatic nitrogens is 2. The van der Waals surface area contributed by atoms with Crippen molar-refractivity contribution in [2.75, 3.05) is 43.5 Å². The van der Waals surface area contributed by atoms with E-state index in [1.807, 2.05) is 12.1 Å². The van der Waals surface area contributed by atoms with Crippen molar-refractivity contribution in [1.82, 2.24) is 14.9 Å². The molecule has 2 heterocycles. The highest BCUT2D eigenvalue weighted by Crippen LogP contribution is 2.41. The van der Waals surface area contributed by atoms with Gasteiger partial charge in [0.1, 0.15) is 18.8 Å². The topological polar surface area (TPSA) is 70.6 Å². The van der Waals surface area contributed by atoms with E-state index in [9.17, 15) is 9.18 Å². The molecule has 1 saturated carbocycles. The fraction of sp³-hybridized carbons (Fsp3) is 0.320. The van der Waals surface area contributed by atoms with Gasteiger partial charge in [-0.15, -0.1) is 0 Å². The van der Waals surface area contributed by atoms with Gasteiger partial charge in [-0.1, -0.05) is 23.7 Å². The van der Waals surface area contributed by atoms with Crippen molar-refractivity contribution in [3.05, 3.63) is 59.7 Å². The fourth-order valence-electron chi connectivity index (χ4n) is 4.12. The molecule has 3 aromatic rings. The lowest BCUT2D eigenvalue weighted by atomic mass is 10.1. The Morgan fingerprint density at radius 3 is 3.00 bits per heavy atom. The Balaban J connectivity index is 1.43. The van der Waals surface area contributed by atoms with Crippen LogP contribution in [-0.4, -0.2) is 54.1 Å². The number of halogens is 2. The summed E-state index contributed by atoms with van der Waals surface area (Å²) in [5, 5.41) is 3.59. The lowest BCUT2D eigenvalue weighted by Crippen LogP contribution is -2.37. The number of benzene rings is 2. The van der Waals surface area contributed by atoms with Gasteiger partial charge in [0.05, 0.1) is 33.8 Å². The highest BCUT2D eigenvalue weighted by Gasteiger charge is 2.26. The zero-order valence-electron chi connectivity index (χ0n) is 18.8. The SMILES string of the molecule is CN(C/C=C/C(=O)N1CCOc2c1ccc1ncnc(Nc3cccc(Cl)c3F)c21)CC1CC1. The van der Waals surface area contributed by atoms with Crippen LogP contribution in [0.2, 0.25) is 5.02 Å². The molecule has 34 heavy (non-hydrogen) atoms. The average Bonchev–Trinajstić information content (AvgIpc) is 3.65.